The number of benzene rings is 1. The predicted octanol–water partition coefficient (Wildman–Crippen LogP) is 1.83. The van der Waals surface area contributed by atoms with Crippen molar-refractivity contribution in [2.24, 2.45) is 0 Å². The third-order valence-electron chi connectivity index (χ3n) is 1.97. The van der Waals surface area contributed by atoms with Crippen LogP contribution in [0.3, 0.4) is 0 Å². The van der Waals surface area contributed by atoms with Crippen LogP contribution in [0.4, 0.5) is 0 Å². The van der Waals surface area contributed by atoms with Gasteiger partial charge in [0.2, 0.25) is 0 Å². The summed E-state index contributed by atoms with van der Waals surface area (Å²) in [6, 6.07) is 9.66. The van der Waals surface area contributed by atoms with Crippen molar-refractivity contribution in [1.29, 1.82) is 0 Å². The molecule has 1 heterocycles. The highest BCUT2D eigenvalue weighted by atomic mass is 32.1. The van der Waals surface area contributed by atoms with Crippen molar-refractivity contribution in [1.82, 2.24) is 9.59 Å². The van der Waals surface area contributed by atoms with Gasteiger partial charge in [-0.05, 0) is 17.1 Å². The number of nitrogens with zero attached hydrogens (tertiary/aromatic N) is 2. The van der Waals surface area contributed by atoms with E-state index in [4.69, 9.17) is 5.11 Å². The van der Waals surface area contributed by atoms with Gasteiger partial charge in [-0.2, -0.15) is 0 Å². The molecule has 0 spiro atoms. The van der Waals surface area contributed by atoms with Gasteiger partial charge in [-0.3, -0.25) is 0 Å². The molecule has 4 nitrogen and oxygen atoms in total. The Morgan fingerprint density at radius 2 is 2.07 bits per heavy atom. The van der Waals surface area contributed by atoms with E-state index in [0.717, 1.165) is 17.1 Å². The molecule has 0 amide bonds. The molecule has 0 aliphatic heterocycles. The third kappa shape index (κ3) is 2.19. The predicted molar refractivity (Wildman–Crippen MR) is 56.1 cm³/mol. The minimum Gasteiger partial charge on any atom is -0.476 e. The molecule has 1 aromatic carbocycles. The first-order chi connectivity index (χ1) is 7.27. The van der Waals surface area contributed by atoms with Crippen molar-refractivity contribution < 1.29 is 9.90 Å². The minimum atomic E-state index is -1.02. The Morgan fingerprint density at radius 1 is 1.33 bits per heavy atom. The first-order valence-corrected chi connectivity index (χ1v) is 5.13. The third-order valence-corrected chi connectivity index (χ3v) is 2.69. The largest absolute Gasteiger partial charge is 0.476 e. The Hall–Kier alpha value is -1.75. The van der Waals surface area contributed by atoms with Gasteiger partial charge in [0.25, 0.3) is 0 Å². The van der Waals surface area contributed by atoms with Crippen LogP contribution in [0.5, 0.6) is 0 Å². The average Bonchev–Trinajstić information content (AvgIpc) is 2.67. The van der Waals surface area contributed by atoms with Crippen molar-refractivity contribution >= 4 is 17.5 Å². The summed E-state index contributed by atoms with van der Waals surface area (Å²) >= 11 is 1.13. The molecule has 2 aromatic rings. The first-order valence-electron chi connectivity index (χ1n) is 4.36. The topological polar surface area (TPSA) is 63.1 Å². The van der Waals surface area contributed by atoms with Gasteiger partial charge < -0.3 is 5.11 Å². The molecule has 1 N–H and O–H groups in total. The number of carbonyl (C=O) groups is 1. The molecule has 0 aliphatic carbocycles. The van der Waals surface area contributed by atoms with Crippen molar-refractivity contribution in [3.63, 3.8) is 0 Å². The number of aromatic carboxylic acids is 1. The Kier molecular flexibility index (Phi) is 2.73. The molecule has 0 radical (unpaired) electrons. The second-order valence-corrected chi connectivity index (χ2v) is 3.85. The molecule has 1 aromatic heterocycles. The molecule has 2 rings (SSSR count). The van der Waals surface area contributed by atoms with E-state index in [-0.39, 0.29) is 5.69 Å². The molecular weight excluding hydrogens is 212 g/mol. The van der Waals surface area contributed by atoms with E-state index in [2.05, 4.69) is 9.59 Å². The van der Waals surface area contributed by atoms with Gasteiger partial charge in [-0.15, -0.1) is 5.10 Å². The SMILES string of the molecule is O=C(O)c1nnsc1Cc1ccccc1. The molecule has 76 valence electrons. The molecule has 0 atom stereocenters. The van der Waals surface area contributed by atoms with Crippen molar-refractivity contribution in [2.75, 3.05) is 0 Å². The average molecular weight is 220 g/mol. The lowest BCUT2D eigenvalue weighted by molar-refractivity contribution is 0.0689. The first kappa shape index (κ1) is 9.79. The zero-order chi connectivity index (χ0) is 10.7. The highest BCUT2D eigenvalue weighted by Gasteiger charge is 2.14. The lowest BCUT2D eigenvalue weighted by Gasteiger charge is -1.97. The number of aromatic nitrogens is 2. The van der Waals surface area contributed by atoms with E-state index in [1.165, 1.54) is 0 Å². The van der Waals surface area contributed by atoms with E-state index in [0.29, 0.717) is 11.3 Å². The van der Waals surface area contributed by atoms with Crippen LogP contribution in [0.15, 0.2) is 30.3 Å². The second-order valence-electron chi connectivity index (χ2n) is 3.01. The summed E-state index contributed by atoms with van der Waals surface area (Å²) in [6.07, 6.45) is 0.570. The summed E-state index contributed by atoms with van der Waals surface area (Å²) < 4.78 is 3.65. The molecule has 0 unspecified atom stereocenters. The van der Waals surface area contributed by atoms with Gasteiger partial charge in [-0.1, -0.05) is 34.8 Å². The highest BCUT2D eigenvalue weighted by Crippen LogP contribution is 2.15. The second kappa shape index (κ2) is 4.18. The van der Waals surface area contributed by atoms with Crippen LogP contribution in [0, 0.1) is 0 Å². The minimum absolute atomic E-state index is 0.0591. The summed E-state index contributed by atoms with van der Waals surface area (Å²) in [5, 5.41) is 12.4. The summed E-state index contributed by atoms with van der Waals surface area (Å²) in [4.78, 5) is 11.5. The fourth-order valence-electron chi connectivity index (χ4n) is 1.27. The van der Waals surface area contributed by atoms with Gasteiger partial charge in [-0.25, -0.2) is 4.79 Å². The quantitative estimate of drug-likeness (QED) is 0.857. The monoisotopic (exact) mass is 220 g/mol. The standard InChI is InChI=1S/C10H8N2O2S/c13-10(14)9-8(15-12-11-9)6-7-4-2-1-3-5-7/h1-5H,6H2,(H,13,14). The van der Waals surface area contributed by atoms with Crippen LogP contribution in [0.1, 0.15) is 20.9 Å². The van der Waals surface area contributed by atoms with Crippen LogP contribution in [-0.2, 0) is 6.42 Å². The Morgan fingerprint density at radius 3 is 2.73 bits per heavy atom. The Labute approximate surface area is 90.4 Å². The number of rotatable bonds is 3. The van der Waals surface area contributed by atoms with E-state index in [9.17, 15) is 4.79 Å². The van der Waals surface area contributed by atoms with Crippen LogP contribution >= 0.6 is 11.5 Å². The number of carboxylic acids is 1. The van der Waals surface area contributed by atoms with Gasteiger partial charge in [0.1, 0.15) is 0 Å². The zero-order valence-electron chi connectivity index (χ0n) is 7.75. The van der Waals surface area contributed by atoms with Crippen LogP contribution < -0.4 is 0 Å². The molecule has 0 saturated carbocycles. The molecule has 0 aliphatic rings. The lowest BCUT2D eigenvalue weighted by Crippen LogP contribution is -2.01. The lowest BCUT2D eigenvalue weighted by atomic mass is 10.1. The maximum Gasteiger partial charge on any atom is 0.357 e. The van der Waals surface area contributed by atoms with Gasteiger partial charge in [0, 0.05) is 6.42 Å². The van der Waals surface area contributed by atoms with Gasteiger partial charge >= 0.3 is 5.97 Å². The van der Waals surface area contributed by atoms with Crippen molar-refractivity contribution in [2.45, 2.75) is 6.42 Å². The summed E-state index contributed by atoms with van der Waals surface area (Å²) in [5.41, 5.74) is 1.12. The van der Waals surface area contributed by atoms with Crippen molar-refractivity contribution in [3.8, 4) is 0 Å². The molecule has 0 fully saturated rings. The fourth-order valence-corrected chi connectivity index (χ4v) is 1.94. The van der Waals surface area contributed by atoms with Gasteiger partial charge in [0.15, 0.2) is 5.69 Å². The zero-order valence-corrected chi connectivity index (χ0v) is 8.57. The van der Waals surface area contributed by atoms with E-state index in [1.54, 1.807) is 0 Å². The number of hydrogen-bond acceptors (Lipinski definition) is 4. The maximum absolute atomic E-state index is 10.8. The van der Waals surface area contributed by atoms with Crippen LogP contribution in [0.2, 0.25) is 0 Å². The molecule has 0 bridgehead atoms. The summed E-state index contributed by atoms with van der Waals surface area (Å²) in [5.74, 6) is -1.02. The molecule has 0 saturated heterocycles. The molecular formula is C10H8N2O2S. The highest BCUT2D eigenvalue weighted by molar-refractivity contribution is 7.05. The molecule has 15 heavy (non-hydrogen) atoms. The molecule has 5 heteroatoms. The van der Waals surface area contributed by atoms with E-state index < -0.39 is 5.97 Å². The Bertz CT molecular complexity index is 467. The fraction of sp³-hybridized carbons (Fsp3) is 0.100. The normalized spacial score (nSPS) is 10.1. The van der Waals surface area contributed by atoms with E-state index in [1.807, 2.05) is 30.3 Å². The summed E-state index contributed by atoms with van der Waals surface area (Å²) in [6.45, 7) is 0. The van der Waals surface area contributed by atoms with Crippen molar-refractivity contribution in [3.05, 3.63) is 46.5 Å². The van der Waals surface area contributed by atoms with Crippen LogP contribution in [0.25, 0.3) is 0 Å². The van der Waals surface area contributed by atoms with E-state index >= 15 is 0 Å². The Balaban J connectivity index is 2.25. The van der Waals surface area contributed by atoms with Crippen LogP contribution in [-0.4, -0.2) is 20.7 Å². The van der Waals surface area contributed by atoms with Gasteiger partial charge in [0.05, 0.1) is 4.88 Å². The smallest absolute Gasteiger partial charge is 0.357 e. The number of carboxylic acid groups (broad SMARTS) is 1. The number of hydrogen-bond donors (Lipinski definition) is 1. The summed E-state index contributed by atoms with van der Waals surface area (Å²) in [7, 11) is 0. The maximum atomic E-state index is 10.8.